The molecule has 1 heterocycles. The summed E-state index contributed by atoms with van der Waals surface area (Å²) in [5.74, 6) is 1.47. The zero-order chi connectivity index (χ0) is 11.0. The number of nitrogens with zero attached hydrogens (tertiary/aromatic N) is 2. The molecule has 3 rings (SSSR count). The fourth-order valence-electron chi connectivity index (χ4n) is 1.81. The molecule has 2 N–H and O–H groups in total. The fourth-order valence-corrected chi connectivity index (χ4v) is 1.81. The van der Waals surface area contributed by atoms with Crippen molar-refractivity contribution in [1.82, 2.24) is 15.5 Å². The van der Waals surface area contributed by atoms with Crippen molar-refractivity contribution in [3.05, 3.63) is 5.89 Å². The molecule has 2 saturated carbocycles. The first kappa shape index (κ1) is 10.1. The van der Waals surface area contributed by atoms with Crippen molar-refractivity contribution in [3.8, 4) is 0 Å². The van der Waals surface area contributed by atoms with Gasteiger partial charge in [0.05, 0.1) is 6.54 Å². The predicted octanol–water partition coefficient (Wildman–Crippen LogP) is 1.53. The summed E-state index contributed by atoms with van der Waals surface area (Å²) in [6.07, 6.45) is 5.19. The van der Waals surface area contributed by atoms with E-state index in [1.807, 2.05) is 0 Å². The van der Waals surface area contributed by atoms with Crippen molar-refractivity contribution in [1.29, 1.82) is 0 Å². The molecule has 5 nitrogen and oxygen atoms in total. The van der Waals surface area contributed by atoms with Gasteiger partial charge in [-0.15, -0.1) is 5.10 Å². The van der Waals surface area contributed by atoms with E-state index in [2.05, 4.69) is 27.8 Å². The first-order chi connectivity index (χ1) is 7.81. The lowest BCUT2D eigenvalue weighted by atomic mass is 10.2. The molecule has 0 radical (unpaired) electrons. The van der Waals surface area contributed by atoms with Crippen LogP contribution < -0.4 is 10.6 Å². The number of nitrogens with one attached hydrogen (secondary N) is 2. The standard InChI is InChI=1S/C11H18N4O/c1-7(8-2-3-8)13-11-15-14-10(16-11)6-12-9-4-5-9/h7-9,12H,2-6H2,1H3,(H,13,15). The molecule has 0 saturated heterocycles. The highest BCUT2D eigenvalue weighted by Crippen LogP contribution is 2.33. The van der Waals surface area contributed by atoms with Gasteiger partial charge in [0.25, 0.3) is 0 Å². The normalized spacial score (nSPS) is 22.1. The van der Waals surface area contributed by atoms with Gasteiger partial charge in [-0.2, -0.15) is 0 Å². The predicted molar refractivity (Wildman–Crippen MR) is 60.0 cm³/mol. The third-order valence-corrected chi connectivity index (χ3v) is 3.27. The Kier molecular flexibility index (Phi) is 2.55. The minimum absolute atomic E-state index is 0.449. The maximum absolute atomic E-state index is 5.51. The van der Waals surface area contributed by atoms with E-state index in [1.54, 1.807) is 0 Å². The van der Waals surface area contributed by atoms with E-state index >= 15 is 0 Å². The molecule has 2 aliphatic rings. The Balaban J connectivity index is 1.50. The quantitative estimate of drug-likeness (QED) is 0.764. The molecule has 0 aromatic carbocycles. The van der Waals surface area contributed by atoms with E-state index in [0.717, 1.165) is 5.92 Å². The Labute approximate surface area is 95.0 Å². The van der Waals surface area contributed by atoms with Crippen LogP contribution in [0, 0.1) is 5.92 Å². The Morgan fingerprint density at radius 3 is 2.81 bits per heavy atom. The highest BCUT2D eigenvalue weighted by atomic mass is 16.4. The van der Waals surface area contributed by atoms with E-state index in [4.69, 9.17) is 4.42 Å². The lowest BCUT2D eigenvalue weighted by Gasteiger charge is -2.08. The third kappa shape index (κ3) is 2.52. The zero-order valence-electron chi connectivity index (χ0n) is 9.57. The number of anilines is 1. The van der Waals surface area contributed by atoms with Crippen molar-refractivity contribution in [3.63, 3.8) is 0 Å². The summed E-state index contributed by atoms with van der Waals surface area (Å²) in [7, 11) is 0. The van der Waals surface area contributed by atoms with Crippen LogP contribution in [-0.4, -0.2) is 22.3 Å². The van der Waals surface area contributed by atoms with Crippen LogP contribution in [0.2, 0.25) is 0 Å². The summed E-state index contributed by atoms with van der Waals surface area (Å²) in [5.41, 5.74) is 0. The molecule has 0 bridgehead atoms. The molecule has 5 heteroatoms. The van der Waals surface area contributed by atoms with Crippen molar-refractivity contribution in [2.75, 3.05) is 5.32 Å². The number of hydrogen-bond acceptors (Lipinski definition) is 5. The van der Waals surface area contributed by atoms with Crippen molar-refractivity contribution >= 4 is 6.01 Å². The molecular formula is C11H18N4O. The van der Waals surface area contributed by atoms with Crippen LogP contribution in [0.5, 0.6) is 0 Å². The van der Waals surface area contributed by atoms with Gasteiger partial charge in [0, 0.05) is 12.1 Å². The van der Waals surface area contributed by atoms with Crippen molar-refractivity contribution < 1.29 is 4.42 Å². The molecular weight excluding hydrogens is 204 g/mol. The summed E-state index contributed by atoms with van der Waals surface area (Å²) in [6, 6.07) is 1.69. The van der Waals surface area contributed by atoms with Crippen LogP contribution in [0.1, 0.15) is 38.5 Å². The van der Waals surface area contributed by atoms with Crippen molar-refractivity contribution in [2.24, 2.45) is 5.92 Å². The Bertz CT molecular complexity index is 357. The third-order valence-electron chi connectivity index (χ3n) is 3.27. The minimum atomic E-state index is 0.449. The van der Waals surface area contributed by atoms with Gasteiger partial charge in [0.15, 0.2) is 0 Å². The highest BCUT2D eigenvalue weighted by molar-refractivity contribution is 5.20. The SMILES string of the molecule is CC(Nc1nnc(CNC2CC2)o1)C1CC1. The average Bonchev–Trinajstić information content (AvgIpc) is 3.16. The minimum Gasteiger partial charge on any atom is -0.407 e. The Hall–Kier alpha value is -1.10. The van der Waals surface area contributed by atoms with Crippen LogP contribution in [0.4, 0.5) is 6.01 Å². The van der Waals surface area contributed by atoms with Crippen LogP contribution in [0.15, 0.2) is 4.42 Å². The smallest absolute Gasteiger partial charge is 0.315 e. The molecule has 16 heavy (non-hydrogen) atoms. The maximum Gasteiger partial charge on any atom is 0.315 e. The molecule has 88 valence electrons. The molecule has 1 unspecified atom stereocenters. The second-order valence-corrected chi connectivity index (χ2v) is 4.93. The van der Waals surface area contributed by atoms with Crippen LogP contribution in [0.3, 0.4) is 0 Å². The largest absolute Gasteiger partial charge is 0.407 e. The molecule has 0 spiro atoms. The highest BCUT2D eigenvalue weighted by Gasteiger charge is 2.28. The lowest BCUT2D eigenvalue weighted by Crippen LogP contribution is -2.17. The maximum atomic E-state index is 5.51. The van der Waals surface area contributed by atoms with Crippen LogP contribution in [0.25, 0.3) is 0 Å². The van der Waals surface area contributed by atoms with E-state index < -0.39 is 0 Å². The number of hydrogen-bond donors (Lipinski definition) is 2. The lowest BCUT2D eigenvalue weighted by molar-refractivity contribution is 0.470. The summed E-state index contributed by atoms with van der Waals surface area (Å²) in [4.78, 5) is 0. The molecule has 2 aliphatic carbocycles. The van der Waals surface area contributed by atoms with E-state index in [9.17, 15) is 0 Å². The molecule has 0 aliphatic heterocycles. The molecule has 2 fully saturated rings. The molecule has 1 atom stereocenters. The Morgan fingerprint density at radius 2 is 2.12 bits per heavy atom. The van der Waals surface area contributed by atoms with Gasteiger partial charge in [0.2, 0.25) is 5.89 Å². The molecule has 1 aromatic heterocycles. The summed E-state index contributed by atoms with van der Waals surface area (Å²) in [6.45, 7) is 2.86. The average molecular weight is 222 g/mol. The number of rotatable bonds is 6. The topological polar surface area (TPSA) is 63.0 Å². The zero-order valence-corrected chi connectivity index (χ0v) is 9.57. The molecule has 0 amide bonds. The van der Waals surface area contributed by atoms with Gasteiger partial charge in [-0.3, -0.25) is 0 Å². The monoisotopic (exact) mass is 222 g/mol. The second kappa shape index (κ2) is 4.05. The second-order valence-electron chi connectivity index (χ2n) is 4.93. The van der Waals surface area contributed by atoms with Gasteiger partial charge < -0.3 is 15.1 Å². The summed E-state index contributed by atoms with van der Waals surface area (Å²) < 4.78 is 5.51. The van der Waals surface area contributed by atoms with E-state index in [1.165, 1.54) is 25.7 Å². The van der Waals surface area contributed by atoms with Gasteiger partial charge in [-0.1, -0.05) is 5.10 Å². The first-order valence-corrected chi connectivity index (χ1v) is 6.13. The summed E-state index contributed by atoms with van der Waals surface area (Å²) >= 11 is 0. The van der Waals surface area contributed by atoms with Gasteiger partial charge in [0.1, 0.15) is 0 Å². The summed E-state index contributed by atoms with van der Waals surface area (Å²) in [5, 5.41) is 14.6. The molecule has 1 aromatic rings. The van der Waals surface area contributed by atoms with Gasteiger partial charge in [-0.05, 0) is 38.5 Å². The number of aromatic nitrogens is 2. The van der Waals surface area contributed by atoms with Crippen LogP contribution in [-0.2, 0) is 6.54 Å². The van der Waals surface area contributed by atoms with Crippen molar-refractivity contribution in [2.45, 2.75) is 51.2 Å². The van der Waals surface area contributed by atoms with E-state index in [-0.39, 0.29) is 0 Å². The Morgan fingerprint density at radius 1 is 1.31 bits per heavy atom. The van der Waals surface area contributed by atoms with Gasteiger partial charge in [-0.25, -0.2) is 0 Å². The van der Waals surface area contributed by atoms with Crippen LogP contribution >= 0.6 is 0 Å². The fraction of sp³-hybridized carbons (Fsp3) is 0.818. The first-order valence-electron chi connectivity index (χ1n) is 6.13. The van der Waals surface area contributed by atoms with E-state index in [0.29, 0.717) is 30.5 Å². The van der Waals surface area contributed by atoms with Gasteiger partial charge >= 0.3 is 6.01 Å².